The average Bonchev–Trinajstić information content (AvgIpc) is 3.26. The van der Waals surface area contributed by atoms with Crippen LogP contribution in [0.5, 0.6) is 0 Å². The van der Waals surface area contributed by atoms with Gasteiger partial charge in [-0.15, -0.1) is 5.10 Å². The number of nitrogens with zero attached hydrogens (tertiary/aromatic N) is 5. The number of nitrogens with one attached hydrogen (secondary N) is 1. The molecule has 1 aromatic carbocycles. The van der Waals surface area contributed by atoms with Crippen molar-refractivity contribution in [2.45, 2.75) is 39.5 Å². The molecule has 1 N–H and O–H groups in total. The minimum atomic E-state index is -0.567. The van der Waals surface area contributed by atoms with E-state index in [1.54, 1.807) is 28.9 Å². The second kappa shape index (κ2) is 8.39. The largest absolute Gasteiger partial charge is 0.454 e. The highest BCUT2D eigenvalue weighted by molar-refractivity contribution is 6.02. The van der Waals surface area contributed by atoms with Gasteiger partial charge < -0.3 is 10.1 Å². The minimum Gasteiger partial charge on any atom is -0.454 e. The molecular weight excluding hydrogens is 352 g/mol. The molecule has 142 valence electrons. The Bertz CT molecular complexity index is 833. The molecule has 10 nitrogen and oxygen atoms in total. The SMILES string of the molecule is CCCCn1nnnc1COC(=O)c1ccccc1CN1C(=O)CNC1=O. The first-order valence-electron chi connectivity index (χ1n) is 8.68. The van der Waals surface area contributed by atoms with Gasteiger partial charge in [0.1, 0.15) is 0 Å². The van der Waals surface area contributed by atoms with Crippen molar-refractivity contribution in [3.8, 4) is 0 Å². The molecule has 1 saturated heterocycles. The molecule has 10 heteroatoms. The number of tetrazole rings is 1. The number of rotatable bonds is 8. The van der Waals surface area contributed by atoms with Gasteiger partial charge in [0.15, 0.2) is 12.4 Å². The highest BCUT2D eigenvalue weighted by Crippen LogP contribution is 2.15. The first-order valence-corrected chi connectivity index (χ1v) is 8.68. The van der Waals surface area contributed by atoms with Crippen LogP contribution >= 0.6 is 0 Å². The Morgan fingerprint density at radius 3 is 2.85 bits per heavy atom. The molecule has 0 unspecified atom stereocenters. The summed E-state index contributed by atoms with van der Waals surface area (Å²) < 4.78 is 6.95. The maximum absolute atomic E-state index is 12.5. The molecule has 3 amide bonds. The van der Waals surface area contributed by atoms with Crippen LogP contribution in [-0.2, 0) is 29.2 Å². The number of urea groups is 1. The van der Waals surface area contributed by atoms with Gasteiger partial charge in [-0.25, -0.2) is 14.3 Å². The zero-order valence-electron chi connectivity index (χ0n) is 14.9. The van der Waals surface area contributed by atoms with Crippen molar-refractivity contribution < 1.29 is 19.1 Å². The Balaban J connectivity index is 1.68. The maximum Gasteiger partial charge on any atom is 0.338 e. The molecule has 1 fully saturated rings. The van der Waals surface area contributed by atoms with Crippen LogP contribution in [0.1, 0.15) is 41.5 Å². The molecule has 2 aromatic rings. The van der Waals surface area contributed by atoms with Crippen molar-refractivity contribution in [3.63, 3.8) is 0 Å². The minimum absolute atomic E-state index is 0.00414. The zero-order valence-corrected chi connectivity index (χ0v) is 14.9. The predicted octanol–water partition coefficient (Wildman–Crippen LogP) is 0.882. The van der Waals surface area contributed by atoms with E-state index in [0.29, 0.717) is 17.9 Å². The number of ether oxygens (including phenoxy) is 1. The van der Waals surface area contributed by atoms with E-state index in [2.05, 4.69) is 27.8 Å². The van der Waals surface area contributed by atoms with E-state index >= 15 is 0 Å². The fourth-order valence-electron chi connectivity index (χ4n) is 2.66. The highest BCUT2D eigenvalue weighted by Gasteiger charge is 2.29. The van der Waals surface area contributed by atoms with E-state index in [-0.39, 0.29) is 31.2 Å². The second-order valence-electron chi connectivity index (χ2n) is 6.04. The van der Waals surface area contributed by atoms with Crippen molar-refractivity contribution in [1.82, 2.24) is 30.4 Å². The molecule has 1 aromatic heterocycles. The first-order chi connectivity index (χ1) is 13.1. The van der Waals surface area contributed by atoms with Crippen LogP contribution in [0.2, 0.25) is 0 Å². The lowest BCUT2D eigenvalue weighted by Gasteiger charge is -2.15. The normalized spacial score (nSPS) is 13.7. The summed E-state index contributed by atoms with van der Waals surface area (Å²) in [5, 5.41) is 13.8. The summed E-state index contributed by atoms with van der Waals surface area (Å²) in [6.07, 6.45) is 1.91. The van der Waals surface area contributed by atoms with Gasteiger partial charge in [0.2, 0.25) is 5.91 Å². The standard InChI is InChI=1S/C17H20N6O4/c1-2-3-8-23-14(19-20-21-23)11-27-16(25)13-7-5-4-6-12(13)10-22-15(24)9-18-17(22)26/h4-7H,2-3,8-11H2,1H3,(H,18,26). The van der Waals surface area contributed by atoms with Crippen LogP contribution in [0.4, 0.5) is 4.79 Å². The summed E-state index contributed by atoms with van der Waals surface area (Å²) >= 11 is 0. The van der Waals surface area contributed by atoms with E-state index in [0.717, 1.165) is 17.7 Å². The fourth-order valence-corrected chi connectivity index (χ4v) is 2.66. The van der Waals surface area contributed by atoms with Crippen LogP contribution in [0.3, 0.4) is 0 Å². The van der Waals surface area contributed by atoms with Gasteiger partial charge in [0.05, 0.1) is 18.7 Å². The summed E-state index contributed by atoms with van der Waals surface area (Å²) in [6.45, 7) is 2.62. The summed E-state index contributed by atoms with van der Waals surface area (Å²) in [6, 6.07) is 6.22. The van der Waals surface area contributed by atoms with Gasteiger partial charge in [-0.3, -0.25) is 9.69 Å². The Hall–Kier alpha value is -3.30. The molecule has 3 rings (SSSR count). The molecule has 0 bridgehead atoms. The fraction of sp³-hybridized carbons (Fsp3) is 0.412. The number of imide groups is 1. The van der Waals surface area contributed by atoms with Crippen LogP contribution < -0.4 is 5.32 Å². The van der Waals surface area contributed by atoms with Crippen molar-refractivity contribution >= 4 is 17.9 Å². The Labute approximate surface area is 155 Å². The second-order valence-corrected chi connectivity index (χ2v) is 6.04. The van der Waals surface area contributed by atoms with E-state index < -0.39 is 12.0 Å². The molecule has 1 aliphatic heterocycles. The number of esters is 1. The number of carbonyl (C=O) groups excluding carboxylic acids is 3. The van der Waals surface area contributed by atoms with Crippen molar-refractivity contribution in [2.75, 3.05) is 6.54 Å². The third-order valence-electron chi connectivity index (χ3n) is 4.16. The quantitative estimate of drug-likeness (QED) is 0.539. The van der Waals surface area contributed by atoms with Crippen LogP contribution in [0, 0.1) is 0 Å². The third-order valence-corrected chi connectivity index (χ3v) is 4.16. The topological polar surface area (TPSA) is 119 Å². The van der Waals surface area contributed by atoms with Gasteiger partial charge in [-0.1, -0.05) is 31.5 Å². The van der Waals surface area contributed by atoms with E-state index in [1.807, 2.05) is 0 Å². The monoisotopic (exact) mass is 372 g/mol. The van der Waals surface area contributed by atoms with Gasteiger partial charge >= 0.3 is 12.0 Å². The van der Waals surface area contributed by atoms with Gasteiger partial charge in [0, 0.05) is 6.54 Å². The smallest absolute Gasteiger partial charge is 0.338 e. The van der Waals surface area contributed by atoms with Crippen LogP contribution in [-0.4, -0.2) is 49.6 Å². The number of benzene rings is 1. The highest BCUT2D eigenvalue weighted by atomic mass is 16.5. The Kier molecular flexibility index (Phi) is 5.74. The summed E-state index contributed by atoms with van der Waals surface area (Å²) in [5.41, 5.74) is 0.816. The van der Waals surface area contributed by atoms with E-state index in [4.69, 9.17) is 4.74 Å². The number of aryl methyl sites for hydroxylation is 1. The summed E-state index contributed by atoms with van der Waals surface area (Å²) in [5.74, 6) is -0.440. The molecule has 0 atom stereocenters. The maximum atomic E-state index is 12.5. The van der Waals surface area contributed by atoms with Crippen LogP contribution in [0.25, 0.3) is 0 Å². The van der Waals surface area contributed by atoms with Crippen molar-refractivity contribution in [3.05, 3.63) is 41.2 Å². The van der Waals surface area contributed by atoms with Crippen molar-refractivity contribution in [2.24, 2.45) is 0 Å². The van der Waals surface area contributed by atoms with Gasteiger partial charge in [-0.2, -0.15) is 0 Å². The zero-order chi connectivity index (χ0) is 19.2. The summed E-state index contributed by atoms with van der Waals surface area (Å²) in [4.78, 5) is 37.1. The molecule has 27 heavy (non-hydrogen) atoms. The molecular formula is C17H20N6O4. The number of hydrogen-bond acceptors (Lipinski definition) is 7. The third kappa shape index (κ3) is 4.27. The number of carbonyl (C=O) groups is 3. The first kappa shape index (κ1) is 18.5. The van der Waals surface area contributed by atoms with E-state index in [9.17, 15) is 14.4 Å². The lowest BCUT2D eigenvalue weighted by Crippen LogP contribution is -2.31. The van der Waals surface area contributed by atoms with Gasteiger partial charge in [0.25, 0.3) is 0 Å². The number of amides is 3. The molecule has 2 heterocycles. The predicted molar refractivity (Wildman–Crippen MR) is 92.2 cm³/mol. The van der Waals surface area contributed by atoms with Gasteiger partial charge in [-0.05, 0) is 28.5 Å². The Morgan fingerprint density at radius 1 is 1.30 bits per heavy atom. The summed E-state index contributed by atoms with van der Waals surface area (Å²) in [7, 11) is 0. The average molecular weight is 372 g/mol. The lowest BCUT2D eigenvalue weighted by atomic mass is 10.1. The van der Waals surface area contributed by atoms with E-state index in [1.165, 1.54) is 0 Å². The molecule has 0 aliphatic carbocycles. The molecule has 0 spiro atoms. The van der Waals surface area contributed by atoms with Crippen molar-refractivity contribution in [1.29, 1.82) is 0 Å². The number of unbranched alkanes of at least 4 members (excludes halogenated alkanes) is 1. The Morgan fingerprint density at radius 2 is 2.11 bits per heavy atom. The van der Waals surface area contributed by atoms with Crippen LogP contribution in [0.15, 0.2) is 24.3 Å². The lowest BCUT2D eigenvalue weighted by molar-refractivity contribution is -0.125. The molecule has 0 radical (unpaired) electrons. The molecule has 1 aliphatic rings. The number of aromatic nitrogens is 4. The number of hydrogen-bond donors (Lipinski definition) is 1. The molecule has 0 saturated carbocycles.